The van der Waals surface area contributed by atoms with Gasteiger partial charge in [-0.2, -0.15) is 13.2 Å². The van der Waals surface area contributed by atoms with Gasteiger partial charge in [0.1, 0.15) is 5.56 Å². The van der Waals surface area contributed by atoms with Crippen molar-refractivity contribution < 1.29 is 33.1 Å². The number of rotatable bonds is 4. The van der Waals surface area contributed by atoms with Crippen LogP contribution < -0.4 is 4.90 Å². The normalized spacial score (nSPS) is 18.7. The average molecular weight is 488 g/mol. The first-order chi connectivity index (χ1) is 15.1. The number of nitrogens with zero attached hydrogens (tertiary/aromatic N) is 3. The Morgan fingerprint density at radius 3 is 2.39 bits per heavy atom. The van der Waals surface area contributed by atoms with E-state index in [2.05, 4.69) is 0 Å². The second-order valence-electron chi connectivity index (χ2n) is 7.99. The number of nitro benzene ring substituents is 1. The van der Waals surface area contributed by atoms with Crippen molar-refractivity contribution in [3.8, 4) is 11.5 Å². The predicted molar refractivity (Wildman–Crippen MR) is 115 cm³/mol. The first-order valence-electron chi connectivity index (χ1n) is 9.97. The third kappa shape index (κ3) is 4.69. The van der Waals surface area contributed by atoms with Gasteiger partial charge >= 0.3 is 11.9 Å². The van der Waals surface area contributed by atoms with E-state index in [1.165, 1.54) is 12.1 Å². The van der Waals surface area contributed by atoms with E-state index in [-0.39, 0.29) is 24.4 Å². The highest BCUT2D eigenvalue weighted by atomic mass is 35.5. The molecule has 2 aromatic rings. The van der Waals surface area contributed by atoms with Gasteiger partial charge in [0.15, 0.2) is 11.5 Å². The topological polar surface area (TPSA) is 107 Å². The molecule has 4 rings (SSSR count). The van der Waals surface area contributed by atoms with Gasteiger partial charge in [0.2, 0.25) is 5.75 Å². The largest absolute Gasteiger partial charge is 0.504 e. The zero-order chi connectivity index (χ0) is 23.2. The summed E-state index contributed by atoms with van der Waals surface area (Å²) in [5.74, 6) is -2.58. The number of fused-ring (bicyclic) bond motifs is 1. The summed E-state index contributed by atoms with van der Waals surface area (Å²) in [6.45, 7) is 2.28. The van der Waals surface area contributed by atoms with Gasteiger partial charge in [-0.1, -0.05) is 6.07 Å². The number of aromatic hydroxyl groups is 2. The van der Waals surface area contributed by atoms with Crippen molar-refractivity contribution in [3.05, 3.63) is 57.1 Å². The molecule has 0 aromatic heterocycles. The highest BCUT2D eigenvalue weighted by molar-refractivity contribution is 6.07. The van der Waals surface area contributed by atoms with E-state index in [1.54, 1.807) is 6.07 Å². The minimum atomic E-state index is -4.42. The van der Waals surface area contributed by atoms with E-state index in [1.807, 2.05) is 9.80 Å². The third-order valence-electron chi connectivity index (χ3n) is 5.99. The molecule has 8 nitrogen and oxygen atoms in total. The van der Waals surface area contributed by atoms with Crippen molar-refractivity contribution >= 4 is 29.6 Å². The lowest BCUT2D eigenvalue weighted by molar-refractivity contribution is -0.386. The van der Waals surface area contributed by atoms with Crippen molar-refractivity contribution in [1.29, 1.82) is 0 Å². The average Bonchev–Trinajstić information content (AvgIpc) is 3.03. The van der Waals surface area contributed by atoms with Crippen LogP contribution in [0.1, 0.15) is 21.5 Å². The Labute approximate surface area is 192 Å². The number of Topliss-reactive ketones (excluding diaryl/α,β-unsaturated/α-hetero) is 1. The van der Waals surface area contributed by atoms with Crippen molar-refractivity contribution in [2.75, 3.05) is 37.6 Å². The van der Waals surface area contributed by atoms with Crippen LogP contribution in [0.2, 0.25) is 0 Å². The van der Waals surface area contributed by atoms with Crippen molar-refractivity contribution in [1.82, 2.24) is 4.90 Å². The Morgan fingerprint density at radius 2 is 1.79 bits per heavy atom. The molecule has 2 aromatic carbocycles. The third-order valence-corrected chi connectivity index (χ3v) is 5.99. The Kier molecular flexibility index (Phi) is 6.75. The van der Waals surface area contributed by atoms with Crippen LogP contribution in [0.15, 0.2) is 30.3 Å². The molecule has 1 saturated heterocycles. The van der Waals surface area contributed by atoms with Crippen LogP contribution in [-0.4, -0.2) is 58.5 Å². The summed E-state index contributed by atoms with van der Waals surface area (Å²) in [7, 11) is 0. The molecule has 2 N–H and O–H groups in total. The summed E-state index contributed by atoms with van der Waals surface area (Å²) < 4.78 is 38.9. The zero-order valence-electron chi connectivity index (χ0n) is 17.2. The molecule has 1 heterocycles. The fraction of sp³-hybridized carbons (Fsp3) is 0.381. The van der Waals surface area contributed by atoms with Gasteiger partial charge in [0, 0.05) is 44.3 Å². The number of ketones is 1. The van der Waals surface area contributed by atoms with Gasteiger partial charge in [-0.15, -0.1) is 12.4 Å². The van der Waals surface area contributed by atoms with Gasteiger partial charge in [-0.25, -0.2) is 0 Å². The lowest BCUT2D eigenvalue weighted by Crippen LogP contribution is -2.48. The molecular formula is C21H21ClF3N3O5. The van der Waals surface area contributed by atoms with E-state index < -0.39 is 45.6 Å². The molecule has 0 amide bonds. The van der Waals surface area contributed by atoms with E-state index in [0.29, 0.717) is 44.0 Å². The number of piperazine rings is 1. The highest BCUT2D eigenvalue weighted by Crippen LogP contribution is 2.45. The molecular weight excluding hydrogens is 467 g/mol. The van der Waals surface area contributed by atoms with Crippen LogP contribution >= 0.6 is 12.4 Å². The van der Waals surface area contributed by atoms with Crippen LogP contribution in [0.4, 0.5) is 24.5 Å². The standard InChI is InChI=1S/C21H20F3N3O5.ClH/c22-21(23,24)14-2-1-3-15(10-14)26-6-4-25(5-7-26)11-13-8-12-9-16(28)20(30)18(27(31)32)17(12)19(13)29;/h1-3,9-10,13,28,30H,4-8,11H2;1H. The molecule has 33 heavy (non-hydrogen) atoms. The second-order valence-corrected chi connectivity index (χ2v) is 7.99. The van der Waals surface area contributed by atoms with Gasteiger partial charge in [0.05, 0.1) is 10.5 Å². The number of hydrogen-bond acceptors (Lipinski definition) is 7. The number of carbonyl (C=O) groups excluding carboxylic acids is 1. The molecule has 0 radical (unpaired) electrons. The Morgan fingerprint density at radius 1 is 1.12 bits per heavy atom. The molecule has 0 spiro atoms. The summed E-state index contributed by atoms with van der Waals surface area (Å²) >= 11 is 0. The summed E-state index contributed by atoms with van der Waals surface area (Å²) in [4.78, 5) is 27.1. The quantitative estimate of drug-likeness (QED) is 0.385. The monoisotopic (exact) mass is 487 g/mol. The number of anilines is 1. The van der Waals surface area contributed by atoms with Crippen LogP contribution in [-0.2, 0) is 12.6 Å². The van der Waals surface area contributed by atoms with Crippen molar-refractivity contribution in [3.63, 3.8) is 0 Å². The van der Waals surface area contributed by atoms with E-state index >= 15 is 0 Å². The van der Waals surface area contributed by atoms with Crippen LogP contribution in [0.3, 0.4) is 0 Å². The summed E-state index contributed by atoms with van der Waals surface area (Å²) in [6.07, 6.45) is -4.21. The highest BCUT2D eigenvalue weighted by Gasteiger charge is 2.41. The Balaban J connectivity index is 0.00000306. The number of hydrogen-bond donors (Lipinski definition) is 2. The summed E-state index contributed by atoms with van der Waals surface area (Å²) in [5, 5.41) is 30.9. The maximum Gasteiger partial charge on any atom is 0.416 e. The van der Waals surface area contributed by atoms with Crippen LogP contribution in [0.25, 0.3) is 0 Å². The Bertz CT molecular complexity index is 1090. The molecule has 1 fully saturated rings. The molecule has 178 valence electrons. The maximum atomic E-state index is 13.0. The van der Waals surface area contributed by atoms with Gasteiger partial charge in [-0.05, 0) is 36.2 Å². The smallest absolute Gasteiger partial charge is 0.416 e. The molecule has 1 unspecified atom stereocenters. The number of phenols is 2. The molecule has 0 bridgehead atoms. The molecule has 0 saturated carbocycles. The fourth-order valence-corrected chi connectivity index (χ4v) is 4.40. The minimum absolute atomic E-state index is 0. The number of halogens is 4. The van der Waals surface area contributed by atoms with Crippen molar-refractivity contribution in [2.24, 2.45) is 5.92 Å². The lowest BCUT2D eigenvalue weighted by atomic mass is 10.0. The number of carbonyl (C=O) groups is 1. The number of nitro groups is 1. The predicted octanol–water partition coefficient (Wildman–Crippen LogP) is 3.62. The molecule has 2 aliphatic rings. The van der Waals surface area contributed by atoms with Crippen molar-refractivity contribution in [2.45, 2.75) is 12.6 Å². The lowest BCUT2D eigenvalue weighted by Gasteiger charge is -2.37. The SMILES string of the molecule is Cl.O=C1c2c(cc(O)c(O)c2[N+](=O)[O-])CC1CN1CCN(c2cccc(C(F)(F)F)c2)CC1. The van der Waals surface area contributed by atoms with E-state index in [0.717, 1.165) is 12.1 Å². The van der Waals surface area contributed by atoms with Gasteiger partial charge in [0.25, 0.3) is 0 Å². The first-order valence-corrected chi connectivity index (χ1v) is 9.97. The Hall–Kier alpha value is -3.05. The molecule has 1 aliphatic carbocycles. The fourth-order valence-electron chi connectivity index (χ4n) is 4.40. The maximum absolute atomic E-state index is 13.0. The summed E-state index contributed by atoms with van der Waals surface area (Å²) in [5.41, 5.74) is -0.852. The molecule has 12 heteroatoms. The number of alkyl halides is 3. The van der Waals surface area contributed by atoms with E-state index in [9.17, 15) is 38.3 Å². The van der Waals surface area contributed by atoms with Crippen LogP contribution in [0.5, 0.6) is 11.5 Å². The van der Waals surface area contributed by atoms with E-state index in [4.69, 9.17) is 0 Å². The zero-order valence-corrected chi connectivity index (χ0v) is 18.0. The van der Waals surface area contributed by atoms with Gasteiger partial charge in [-0.3, -0.25) is 19.8 Å². The van der Waals surface area contributed by atoms with Gasteiger partial charge < -0.3 is 15.1 Å². The minimum Gasteiger partial charge on any atom is -0.504 e. The molecule has 1 atom stereocenters. The summed E-state index contributed by atoms with van der Waals surface area (Å²) in [6, 6.07) is 6.32. The first kappa shape index (κ1) is 24.6. The van der Waals surface area contributed by atoms with Crippen LogP contribution in [0, 0.1) is 16.0 Å². The molecule has 1 aliphatic heterocycles. The number of benzene rings is 2. The number of phenolic OH excluding ortho intramolecular Hbond substituents is 2. The second kappa shape index (κ2) is 9.06.